The topological polar surface area (TPSA) is 25.4 Å². The Bertz CT molecular complexity index is 340. The van der Waals surface area contributed by atoms with Crippen molar-refractivity contribution in [1.29, 1.82) is 0 Å². The molecular formula is C12H19ClN2O. The number of hydrogen-bond donors (Lipinski definition) is 0. The van der Waals surface area contributed by atoms with Crippen LogP contribution in [0.4, 0.5) is 0 Å². The normalized spacial score (nSPS) is 11.9. The number of ether oxygens (including phenoxy) is 1. The molecule has 1 aromatic rings. The summed E-state index contributed by atoms with van der Waals surface area (Å²) in [4.78, 5) is 6.31. The predicted molar refractivity (Wildman–Crippen MR) is 67.1 cm³/mol. The monoisotopic (exact) mass is 242 g/mol. The van der Waals surface area contributed by atoms with Gasteiger partial charge >= 0.3 is 0 Å². The first-order chi connectivity index (χ1) is 7.47. The fourth-order valence-electron chi connectivity index (χ4n) is 1.03. The van der Waals surface area contributed by atoms with E-state index in [9.17, 15) is 0 Å². The molecule has 0 radical (unpaired) electrons. The van der Waals surface area contributed by atoms with Gasteiger partial charge in [0.2, 0.25) is 5.88 Å². The van der Waals surface area contributed by atoms with Crippen molar-refractivity contribution in [3.05, 3.63) is 23.9 Å². The van der Waals surface area contributed by atoms with Crippen LogP contribution in [0.2, 0.25) is 0 Å². The first-order valence-corrected chi connectivity index (χ1v) is 5.81. The average Bonchev–Trinajstić information content (AvgIpc) is 2.26. The van der Waals surface area contributed by atoms with Gasteiger partial charge in [-0.05, 0) is 34.0 Å². The second-order valence-corrected chi connectivity index (χ2v) is 4.86. The zero-order valence-corrected chi connectivity index (χ0v) is 11.1. The lowest BCUT2D eigenvalue weighted by Crippen LogP contribution is -2.43. The summed E-state index contributed by atoms with van der Waals surface area (Å²) in [5.41, 5.74) is 0.903. The van der Waals surface area contributed by atoms with E-state index in [0.717, 1.165) is 5.56 Å². The van der Waals surface area contributed by atoms with Crippen LogP contribution in [0, 0.1) is 0 Å². The third-order valence-electron chi connectivity index (χ3n) is 2.77. The highest BCUT2D eigenvalue weighted by Gasteiger charge is 2.22. The van der Waals surface area contributed by atoms with Crippen molar-refractivity contribution < 1.29 is 4.74 Å². The second kappa shape index (κ2) is 5.51. The molecule has 90 valence electrons. The van der Waals surface area contributed by atoms with Crippen LogP contribution in [0.15, 0.2) is 18.3 Å². The Morgan fingerprint density at radius 2 is 2.12 bits per heavy atom. The molecule has 0 aromatic carbocycles. The summed E-state index contributed by atoms with van der Waals surface area (Å²) >= 11 is 5.81. The maximum absolute atomic E-state index is 5.81. The van der Waals surface area contributed by atoms with Gasteiger partial charge in [0.15, 0.2) is 0 Å². The van der Waals surface area contributed by atoms with E-state index < -0.39 is 0 Å². The number of alkyl halides is 1. The Hall–Kier alpha value is -0.800. The third kappa shape index (κ3) is 3.35. The molecule has 1 aromatic heterocycles. The Morgan fingerprint density at radius 1 is 1.44 bits per heavy atom. The lowest BCUT2D eigenvalue weighted by Gasteiger charge is -2.32. The SMILES string of the molecule is CN(C)C(C)(C)COc1ncccc1CCl. The van der Waals surface area contributed by atoms with Crippen molar-refractivity contribution >= 4 is 11.6 Å². The minimum absolute atomic E-state index is 0.0267. The number of likely N-dealkylation sites (N-methyl/N-ethyl adjacent to an activating group) is 1. The summed E-state index contributed by atoms with van der Waals surface area (Å²) in [6.45, 7) is 4.83. The van der Waals surface area contributed by atoms with Crippen LogP contribution in [0.5, 0.6) is 5.88 Å². The maximum Gasteiger partial charge on any atom is 0.217 e. The molecule has 4 heteroatoms. The zero-order valence-electron chi connectivity index (χ0n) is 10.3. The van der Waals surface area contributed by atoms with Crippen molar-refractivity contribution in [3.63, 3.8) is 0 Å². The van der Waals surface area contributed by atoms with Gasteiger partial charge in [0, 0.05) is 17.3 Å². The maximum atomic E-state index is 5.81. The highest BCUT2D eigenvalue weighted by atomic mass is 35.5. The summed E-state index contributed by atoms with van der Waals surface area (Å²) in [7, 11) is 4.06. The molecule has 0 bridgehead atoms. The first kappa shape index (κ1) is 13.3. The molecule has 3 nitrogen and oxygen atoms in total. The second-order valence-electron chi connectivity index (χ2n) is 4.60. The van der Waals surface area contributed by atoms with Gasteiger partial charge in [-0.15, -0.1) is 11.6 Å². The molecule has 0 N–H and O–H groups in total. The highest BCUT2D eigenvalue weighted by molar-refractivity contribution is 6.17. The van der Waals surface area contributed by atoms with E-state index in [1.165, 1.54) is 0 Å². The molecule has 16 heavy (non-hydrogen) atoms. The Kier molecular flexibility index (Phi) is 4.56. The van der Waals surface area contributed by atoms with Gasteiger partial charge in [-0.3, -0.25) is 0 Å². The number of aromatic nitrogens is 1. The molecule has 0 unspecified atom stereocenters. The highest BCUT2D eigenvalue weighted by Crippen LogP contribution is 2.19. The van der Waals surface area contributed by atoms with E-state index in [4.69, 9.17) is 16.3 Å². The van der Waals surface area contributed by atoms with Gasteiger partial charge in [-0.2, -0.15) is 0 Å². The fraction of sp³-hybridized carbons (Fsp3) is 0.583. The molecule has 0 saturated carbocycles. The quantitative estimate of drug-likeness (QED) is 0.742. The van der Waals surface area contributed by atoms with Gasteiger partial charge in [-0.25, -0.2) is 4.98 Å². The molecule has 0 spiro atoms. The van der Waals surface area contributed by atoms with Crippen LogP contribution in [0.3, 0.4) is 0 Å². The third-order valence-corrected chi connectivity index (χ3v) is 3.05. The molecule has 0 amide bonds. The molecule has 0 aliphatic rings. The fourth-order valence-corrected chi connectivity index (χ4v) is 1.23. The first-order valence-electron chi connectivity index (χ1n) is 5.27. The van der Waals surface area contributed by atoms with E-state index in [1.807, 2.05) is 26.2 Å². The summed E-state index contributed by atoms with van der Waals surface area (Å²) in [6.07, 6.45) is 1.72. The number of pyridine rings is 1. The van der Waals surface area contributed by atoms with Crippen LogP contribution < -0.4 is 4.74 Å². The molecule has 1 rings (SSSR count). The summed E-state index contributed by atoms with van der Waals surface area (Å²) in [6, 6.07) is 3.79. The lowest BCUT2D eigenvalue weighted by atomic mass is 10.1. The Balaban J connectivity index is 2.67. The van der Waals surface area contributed by atoms with E-state index in [0.29, 0.717) is 18.4 Å². The largest absolute Gasteiger partial charge is 0.475 e. The predicted octanol–water partition coefficient (Wildman–Crippen LogP) is 2.54. The number of hydrogen-bond acceptors (Lipinski definition) is 3. The average molecular weight is 243 g/mol. The number of halogens is 1. The lowest BCUT2D eigenvalue weighted by molar-refractivity contribution is 0.110. The van der Waals surface area contributed by atoms with Crippen molar-refractivity contribution in [3.8, 4) is 5.88 Å². The van der Waals surface area contributed by atoms with Crippen LogP contribution in [0.1, 0.15) is 19.4 Å². The van der Waals surface area contributed by atoms with Crippen LogP contribution >= 0.6 is 11.6 Å². The summed E-state index contributed by atoms with van der Waals surface area (Å²) < 4.78 is 5.72. The van der Waals surface area contributed by atoms with E-state index >= 15 is 0 Å². The minimum atomic E-state index is -0.0267. The van der Waals surface area contributed by atoms with E-state index in [1.54, 1.807) is 6.20 Å². The van der Waals surface area contributed by atoms with Crippen molar-refractivity contribution in [2.24, 2.45) is 0 Å². The molecular weight excluding hydrogens is 224 g/mol. The van der Waals surface area contributed by atoms with Gasteiger partial charge in [0.05, 0.1) is 5.88 Å². The van der Waals surface area contributed by atoms with Crippen LogP contribution in [-0.4, -0.2) is 36.1 Å². The minimum Gasteiger partial charge on any atom is -0.475 e. The molecule has 1 heterocycles. The molecule has 0 aliphatic heterocycles. The molecule has 0 aliphatic carbocycles. The smallest absolute Gasteiger partial charge is 0.217 e. The van der Waals surface area contributed by atoms with Crippen LogP contribution in [-0.2, 0) is 5.88 Å². The van der Waals surface area contributed by atoms with E-state index in [2.05, 4.69) is 23.7 Å². The zero-order chi connectivity index (χ0) is 12.2. The van der Waals surface area contributed by atoms with Crippen LogP contribution in [0.25, 0.3) is 0 Å². The van der Waals surface area contributed by atoms with Gasteiger partial charge in [0.25, 0.3) is 0 Å². The summed E-state index contributed by atoms with van der Waals surface area (Å²) in [5, 5.41) is 0. The number of nitrogens with zero attached hydrogens (tertiary/aromatic N) is 2. The van der Waals surface area contributed by atoms with Gasteiger partial charge in [0.1, 0.15) is 6.61 Å². The standard InChI is InChI=1S/C12H19ClN2O/c1-12(2,15(3)4)9-16-11-10(8-13)6-5-7-14-11/h5-7H,8-9H2,1-4H3. The van der Waals surface area contributed by atoms with E-state index in [-0.39, 0.29) is 5.54 Å². The van der Waals surface area contributed by atoms with Crippen molar-refractivity contribution in [1.82, 2.24) is 9.88 Å². The molecule has 0 atom stereocenters. The van der Waals surface area contributed by atoms with Gasteiger partial charge in [-0.1, -0.05) is 6.07 Å². The Labute approximate surface area is 102 Å². The molecule has 0 fully saturated rings. The van der Waals surface area contributed by atoms with Gasteiger partial charge < -0.3 is 9.64 Å². The number of rotatable bonds is 5. The Morgan fingerprint density at radius 3 is 2.69 bits per heavy atom. The molecule has 0 saturated heterocycles. The van der Waals surface area contributed by atoms with Crippen molar-refractivity contribution in [2.75, 3.05) is 20.7 Å². The van der Waals surface area contributed by atoms with Crippen molar-refractivity contribution in [2.45, 2.75) is 25.3 Å². The summed E-state index contributed by atoms with van der Waals surface area (Å²) in [5.74, 6) is 1.05.